The number of Topliss-reactive ketones (excluding diaryl/α,β-unsaturated/α-hetero) is 1. The van der Waals surface area contributed by atoms with E-state index in [9.17, 15) is 4.79 Å². The fourth-order valence-electron chi connectivity index (χ4n) is 1.98. The molecule has 0 bridgehead atoms. The van der Waals surface area contributed by atoms with Crippen LogP contribution in [-0.2, 0) is 4.79 Å². The molecule has 1 fully saturated rings. The van der Waals surface area contributed by atoms with E-state index in [2.05, 4.69) is 30.8 Å². The summed E-state index contributed by atoms with van der Waals surface area (Å²) in [7, 11) is 4.26. The average Bonchev–Trinajstić information content (AvgIpc) is 2.22. The first-order chi connectivity index (χ1) is 7.04. The highest BCUT2D eigenvalue weighted by Gasteiger charge is 2.25. The summed E-state index contributed by atoms with van der Waals surface area (Å²) in [5.74, 6) is 0.648. The first-order valence-corrected chi connectivity index (χ1v) is 5.96. The van der Waals surface area contributed by atoms with Gasteiger partial charge in [0.2, 0.25) is 0 Å². The molecule has 1 rings (SSSR count). The molecule has 0 saturated carbocycles. The average molecular weight is 212 g/mol. The van der Waals surface area contributed by atoms with Crippen LogP contribution in [0.2, 0.25) is 0 Å². The Hall–Kier alpha value is -0.410. The molecule has 0 radical (unpaired) electrons. The zero-order valence-electron chi connectivity index (χ0n) is 10.5. The topological polar surface area (TPSA) is 23.6 Å². The van der Waals surface area contributed by atoms with Crippen molar-refractivity contribution in [1.29, 1.82) is 0 Å². The lowest BCUT2D eigenvalue weighted by atomic mass is 9.96. The summed E-state index contributed by atoms with van der Waals surface area (Å²) in [5.41, 5.74) is 0. The molecule has 88 valence electrons. The van der Waals surface area contributed by atoms with Crippen molar-refractivity contribution in [1.82, 2.24) is 9.80 Å². The van der Waals surface area contributed by atoms with Crippen molar-refractivity contribution in [3.8, 4) is 0 Å². The molecule has 2 unspecified atom stereocenters. The molecule has 0 amide bonds. The molecule has 1 aliphatic heterocycles. The van der Waals surface area contributed by atoms with E-state index in [0.717, 1.165) is 32.5 Å². The minimum atomic E-state index is 0.227. The van der Waals surface area contributed by atoms with Gasteiger partial charge in [0.1, 0.15) is 5.78 Å². The molecule has 0 aromatic heterocycles. The predicted octanol–water partition coefficient (Wildman–Crippen LogP) is 1.24. The maximum atomic E-state index is 11.8. The SMILES string of the molecule is CCC(C)C(=O)CC1CN(C)CCN1C. The van der Waals surface area contributed by atoms with Crippen LogP contribution in [0.15, 0.2) is 0 Å². The van der Waals surface area contributed by atoms with Crippen LogP contribution < -0.4 is 0 Å². The van der Waals surface area contributed by atoms with Crippen LogP contribution in [0, 0.1) is 5.92 Å². The first kappa shape index (κ1) is 12.7. The summed E-state index contributed by atoms with van der Waals surface area (Å²) >= 11 is 0. The van der Waals surface area contributed by atoms with Gasteiger partial charge in [0.25, 0.3) is 0 Å². The fourth-order valence-corrected chi connectivity index (χ4v) is 1.98. The standard InChI is InChI=1S/C12H24N2O/c1-5-10(2)12(15)8-11-9-13(3)6-7-14(11)4/h10-11H,5-9H2,1-4H3. The Balaban J connectivity index is 2.45. The Labute approximate surface area is 93.4 Å². The molecule has 0 spiro atoms. The maximum absolute atomic E-state index is 11.8. The second-order valence-electron chi connectivity index (χ2n) is 4.88. The van der Waals surface area contributed by atoms with E-state index in [0.29, 0.717) is 11.8 Å². The molecule has 0 aromatic carbocycles. The molecule has 1 aliphatic rings. The van der Waals surface area contributed by atoms with E-state index in [-0.39, 0.29) is 5.92 Å². The van der Waals surface area contributed by atoms with Gasteiger partial charge in [-0.2, -0.15) is 0 Å². The first-order valence-electron chi connectivity index (χ1n) is 5.96. The third-order valence-electron chi connectivity index (χ3n) is 3.58. The highest BCUT2D eigenvalue weighted by atomic mass is 16.1. The number of ketones is 1. The van der Waals surface area contributed by atoms with Crippen molar-refractivity contribution in [3.05, 3.63) is 0 Å². The highest BCUT2D eigenvalue weighted by Crippen LogP contribution is 2.14. The van der Waals surface area contributed by atoms with Gasteiger partial charge in [-0.15, -0.1) is 0 Å². The van der Waals surface area contributed by atoms with Crippen molar-refractivity contribution >= 4 is 5.78 Å². The number of hydrogen-bond acceptors (Lipinski definition) is 3. The molecule has 0 aromatic rings. The molecule has 1 saturated heterocycles. The van der Waals surface area contributed by atoms with Gasteiger partial charge in [0, 0.05) is 38.0 Å². The summed E-state index contributed by atoms with van der Waals surface area (Å²) in [4.78, 5) is 16.5. The number of carbonyl (C=O) groups excluding carboxylic acids is 1. The minimum absolute atomic E-state index is 0.227. The lowest BCUT2D eigenvalue weighted by Gasteiger charge is -2.37. The maximum Gasteiger partial charge on any atom is 0.137 e. The van der Waals surface area contributed by atoms with Crippen LogP contribution in [0.3, 0.4) is 0 Å². The molecular formula is C12H24N2O. The summed E-state index contributed by atoms with van der Waals surface area (Å²) < 4.78 is 0. The largest absolute Gasteiger partial charge is 0.304 e. The van der Waals surface area contributed by atoms with E-state index in [1.54, 1.807) is 0 Å². The summed E-state index contributed by atoms with van der Waals surface area (Å²) in [6, 6.07) is 0.422. The Morgan fingerprint density at radius 3 is 2.67 bits per heavy atom. The van der Waals surface area contributed by atoms with Gasteiger partial charge < -0.3 is 9.80 Å². The van der Waals surface area contributed by atoms with Crippen molar-refractivity contribution in [2.75, 3.05) is 33.7 Å². The van der Waals surface area contributed by atoms with Crippen LogP contribution in [-0.4, -0.2) is 55.4 Å². The fraction of sp³-hybridized carbons (Fsp3) is 0.917. The molecule has 1 heterocycles. The Morgan fingerprint density at radius 2 is 2.07 bits per heavy atom. The summed E-state index contributed by atoms with van der Waals surface area (Å²) in [5, 5.41) is 0. The van der Waals surface area contributed by atoms with Crippen LogP contribution >= 0.6 is 0 Å². The van der Waals surface area contributed by atoms with Gasteiger partial charge in [-0.05, 0) is 20.5 Å². The van der Waals surface area contributed by atoms with Gasteiger partial charge in [0.05, 0.1) is 0 Å². The third kappa shape index (κ3) is 3.58. The third-order valence-corrected chi connectivity index (χ3v) is 3.58. The number of likely N-dealkylation sites (N-methyl/N-ethyl adjacent to an activating group) is 2. The van der Waals surface area contributed by atoms with Crippen molar-refractivity contribution in [2.45, 2.75) is 32.7 Å². The van der Waals surface area contributed by atoms with E-state index < -0.39 is 0 Å². The molecule has 15 heavy (non-hydrogen) atoms. The second-order valence-corrected chi connectivity index (χ2v) is 4.88. The summed E-state index contributed by atoms with van der Waals surface area (Å²) in [6.45, 7) is 7.34. The Bertz CT molecular complexity index is 218. The molecule has 3 heteroatoms. The minimum Gasteiger partial charge on any atom is -0.304 e. The number of piperazine rings is 1. The normalized spacial score (nSPS) is 26.5. The zero-order chi connectivity index (χ0) is 11.4. The van der Waals surface area contributed by atoms with Crippen LogP contribution in [0.1, 0.15) is 26.7 Å². The second kappa shape index (κ2) is 5.61. The Kier molecular flexibility index (Phi) is 4.74. The van der Waals surface area contributed by atoms with Gasteiger partial charge >= 0.3 is 0 Å². The Morgan fingerprint density at radius 1 is 1.40 bits per heavy atom. The number of hydrogen-bond donors (Lipinski definition) is 0. The predicted molar refractivity (Wildman–Crippen MR) is 63.0 cm³/mol. The summed E-state index contributed by atoms with van der Waals surface area (Å²) in [6.07, 6.45) is 1.68. The van der Waals surface area contributed by atoms with Crippen molar-refractivity contribution in [2.24, 2.45) is 5.92 Å². The van der Waals surface area contributed by atoms with E-state index in [1.165, 1.54) is 0 Å². The molecule has 0 aliphatic carbocycles. The van der Waals surface area contributed by atoms with Crippen molar-refractivity contribution < 1.29 is 4.79 Å². The van der Waals surface area contributed by atoms with Crippen LogP contribution in [0.5, 0.6) is 0 Å². The van der Waals surface area contributed by atoms with Gasteiger partial charge in [0.15, 0.2) is 0 Å². The quantitative estimate of drug-likeness (QED) is 0.700. The number of rotatable bonds is 4. The van der Waals surface area contributed by atoms with Gasteiger partial charge in [-0.1, -0.05) is 13.8 Å². The molecule has 0 N–H and O–H groups in total. The lowest BCUT2D eigenvalue weighted by Crippen LogP contribution is -2.50. The highest BCUT2D eigenvalue weighted by molar-refractivity contribution is 5.81. The van der Waals surface area contributed by atoms with Crippen LogP contribution in [0.25, 0.3) is 0 Å². The number of carbonyl (C=O) groups is 1. The molecule has 2 atom stereocenters. The lowest BCUT2D eigenvalue weighted by molar-refractivity contribution is -0.124. The number of nitrogens with zero attached hydrogens (tertiary/aromatic N) is 2. The van der Waals surface area contributed by atoms with Gasteiger partial charge in [-0.3, -0.25) is 4.79 Å². The zero-order valence-corrected chi connectivity index (χ0v) is 10.5. The van der Waals surface area contributed by atoms with Crippen LogP contribution in [0.4, 0.5) is 0 Å². The van der Waals surface area contributed by atoms with E-state index in [1.807, 2.05) is 6.92 Å². The van der Waals surface area contributed by atoms with E-state index >= 15 is 0 Å². The monoisotopic (exact) mass is 212 g/mol. The van der Waals surface area contributed by atoms with Crippen molar-refractivity contribution in [3.63, 3.8) is 0 Å². The molecule has 3 nitrogen and oxygen atoms in total. The smallest absolute Gasteiger partial charge is 0.137 e. The van der Waals surface area contributed by atoms with E-state index in [4.69, 9.17) is 0 Å². The van der Waals surface area contributed by atoms with Gasteiger partial charge in [-0.25, -0.2) is 0 Å². The molecular weight excluding hydrogens is 188 g/mol.